The van der Waals surface area contributed by atoms with Crippen molar-refractivity contribution < 1.29 is 37.3 Å². The number of carbonyl (C=O) groups is 2. The van der Waals surface area contributed by atoms with E-state index >= 15 is 0 Å². The number of nitrogens with zero attached hydrogens (tertiary/aromatic N) is 2. The third kappa shape index (κ3) is 8.91. The number of ether oxygens (including phenoxy) is 3. The van der Waals surface area contributed by atoms with Crippen LogP contribution in [0.4, 0.5) is 5.69 Å². The summed E-state index contributed by atoms with van der Waals surface area (Å²) in [4.78, 5) is 33.1. The molecule has 4 rings (SSSR count). The standard InChI is InChI=1S/C32H38ClN3O8S2/c1-32(2,20-37)19-36-24-13-12-21(33)17-23(24)29(22-9-7-10-25(42-3)30(22)43-4)44-26(31(36)39)18-27(38)35-46(40,41)16-8-15-45-28-11-5-6-14-34-28/h5-7,9-14,17,26,29,37H,8,15-16,18-20H2,1-4H3,(H,35,38)/t26-,29+/m1/s1. The molecule has 0 bridgehead atoms. The van der Waals surface area contributed by atoms with Crippen molar-refractivity contribution >= 4 is 50.9 Å². The molecule has 0 radical (unpaired) electrons. The maximum Gasteiger partial charge on any atom is 0.256 e. The summed E-state index contributed by atoms with van der Waals surface area (Å²) in [6, 6.07) is 15.7. The van der Waals surface area contributed by atoms with Crippen molar-refractivity contribution in [1.29, 1.82) is 0 Å². The highest BCUT2D eigenvalue weighted by molar-refractivity contribution is 7.99. The van der Waals surface area contributed by atoms with Gasteiger partial charge in [-0.15, -0.1) is 11.8 Å². The Morgan fingerprint density at radius 2 is 1.91 bits per heavy atom. The summed E-state index contributed by atoms with van der Waals surface area (Å²) in [7, 11) is -1.04. The van der Waals surface area contributed by atoms with E-state index in [1.54, 1.807) is 62.5 Å². The van der Waals surface area contributed by atoms with Crippen molar-refractivity contribution in [3.8, 4) is 11.5 Å². The van der Waals surface area contributed by atoms with Crippen LogP contribution in [0.3, 0.4) is 0 Å². The molecule has 2 N–H and O–H groups in total. The predicted molar refractivity (Wildman–Crippen MR) is 177 cm³/mol. The average molecular weight is 692 g/mol. The number of pyridine rings is 1. The van der Waals surface area contributed by atoms with Gasteiger partial charge < -0.3 is 24.2 Å². The molecule has 2 atom stereocenters. The van der Waals surface area contributed by atoms with E-state index in [0.29, 0.717) is 39.1 Å². The highest BCUT2D eigenvalue weighted by Crippen LogP contribution is 2.45. The second kappa shape index (κ2) is 15.5. The Hall–Kier alpha value is -3.36. The number of fused-ring (bicyclic) bond motifs is 1. The molecular formula is C32H38ClN3O8S2. The molecule has 0 saturated carbocycles. The van der Waals surface area contributed by atoms with Crippen LogP contribution in [0.25, 0.3) is 0 Å². The molecule has 3 aromatic rings. The van der Waals surface area contributed by atoms with Gasteiger partial charge in [-0.3, -0.25) is 14.3 Å². The van der Waals surface area contributed by atoms with E-state index in [-0.39, 0.29) is 25.3 Å². The highest BCUT2D eigenvalue weighted by atomic mass is 35.5. The number of methoxy groups -OCH3 is 2. The number of aromatic nitrogens is 1. The first-order valence-electron chi connectivity index (χ1n) is 14.5. The fourth-order valence-corrected chi connectivity index (χ4v) is 7.23. The topological polar surface area (TPSA) is 144 Å². The minimum absolute atomic E-state index is 0.0760. The van der Waals surface area contributed by atoms with Crippen molar-refractivity contribution in [2.24, 2.45) is 5.41 Å². The molecule has 46 heavy (non-hydrogen) atoms. The van der Waals surface area contributed by atoms with E-state index in [1.165, 1.54) is 30.9 Å². The molecule has 2 amide bonds. The lowest BCUT2D eigenvalue weighted by Gasteiger charge is -2.32. The summed E-state index contributed by atoms with van der Waals surface area (Å²) >= 11 is 7.86. The zero-order chi connectivity index (χ0) is 33.5. The molecule has 0 aliphatic carbocycles. The van der Waals surface area contributed by atoms with Crippen molar-refractivity contribution in [1.82, 2.24) is 9.71 Å². The lowest BCUT2D eigenvalue weighted by molar-refractivity contribution is -0.137. The molecular weight excluding hydrogens is 654 g/mol. The quantitative estimate of drug-likeness (QED) is 0.182. The number of hydrogen-bond acceptors (Lipinski definition) is 10. The van der Waals surface area contributed by atoms with Gasteiger partial charge in [0, 0.05) is 52.4 Å². The third-order valence-electron chi connectivity index (χ3n) is 7.22. The third-order valence-corrected chi connectivity index (χ3v) is 9.85. The predicted octanol–water partition coefficient (Wildman–Crippen LogP) is 4.61. The van der Waals surface area contributed by atoms with Gasteiger partial charge >= 0.3 is 0 Å². The molecule has 0 spiro atoms. The molecule has 2 aromatic carbocycles. The molecule has 1 aliphatic heterocycles. The number of sulfonamides is 1. The van der Waals surface area contributed by atoms with Crippen LogP contribution in [0.5, 0.6) is 11.5 Å². The first kappa shape index (κ1) is 35.5. The number of benzene rings is 2. The highest BCUT2D eigenvalue weighted by Gasteiger charge is 2.41. The summed E-state index contributed by atoms with van der Waals surface area (Å²) < 4.78 is 45.4. The number of carbonyl (C=O) groups excluding carboxylic acids is 2. The molecule has 0 fully saturated rings. The minimum atomic E-state index is -4.00. The van der Waals surface area contributed by atoms with E-state index in [9.17, 15) is 23.1 Å². The van der Waals surface area contributed by atoms with Gasteiger partial charge in [0.15, 0.2) is 11.5 Å². The maximum atomic E-state index is 14.2. The SMILES string of the molecule is COc1cccc([C@@H]2O[C@H](CC(=O)NS(=O)(=O)CCCSc3ccccn3)C(=O)N(CC(C)(C)CO)c3ccc(Cl)cc32)c1OC. The lowest BCUT2D eigenvalue weighted by Crippen LogP contribution is -2.47. The van der Waals surface area contributed by atoms with Gasteiger partial charge in [0.1, 0.15) is 12.2 Å². The van der Waals surface area contributed by atoms with Gasteiger partial charge in [-0.25, -0.2) is 13.4 Å². The average Bonchev–Trinajstić information content (AvgIpc) is 3.13. The maximum absolute atomic E-state index is 14.2. The number of thioether (sulfide) groups is 1. The second-order valence-electron chi connectivity index (χ2n) is 11.5. The number of nitrogens with one attached hydrogen (secondary N) is 1. The van der Waals surface area contributed by atoms with Crippen LogP contribution in [0.15, 0.2) is 65.8 Å². The van der Waals surface area contributed by atoms with Gasteiger partial charge in [-0.05, 0) is 42.8 Å². The van der Waals surface area contributed by atoms with Crippen molar-refractivity contribution in [3.63, 3.8) is 0 Å². The number of anilines is 1. The Bertz CT molecular complexity index is 1640. The summed E-state index contributed by atoms with van der Waals surface area (Å²) in [5.41, 5.74) is 0.752. The van der Waals surface area contributed by atoms with E-state index in [4.69, 9.17) is 25.8 Å². The molecule has 14 heteroatoms. The zero-order valence-corrected chi connectivity index (χ0v) is 28.5. The molecule has 11 nitrogen and oxygen atoms in total. The molecule has 0 saturated heterocycles. The van der Waals surface area contributed by atoms with Crippen LogP contribution < -0.4 is 19.1 Å². The number of aliphatic hydroxyl groups is 1. The summed E-state index contributed by atoms with van der Waals surface area (Å²) in [5, 5.41) is 11.2. The molecule has 0 unspecified atom stereocenters. The summed E-state index contributed by atoms with van der Waals surface area (Å²) in [6.45, 7) is 3.44. The zero-order valence-electron chi connectivity index (χ0n) is 26.1. The van der Waals surface area contributed by atoms with Crippen LogP contribution >= 0.6 is 23.4 Å². The Kier molecular flexibility index (Phi) is 11.9. The first-order valence-corrected chi connectivity index (χ1v) is 17.5. The fourth-order valence-electron chi connectivity index (χ4n) is 5.00. The largest absolute Gasteiger partial charge is 0.493 e. The fraction of sp³-hybridized carbons (Fsp3) is 0.406. The van der Waals surface area contributed by atoms with Gasteiger partial charge in [0.05, 0.1) is 31.4 Å². The van der Waals surface area contributed by atoms with Crippen molar-refractivity contribution in [2.45, 2.75) is 43.9 Å². The number of halogens is 1. The molecule has 248 valence electrons. The van der Waals surface area contributed by atoms with Crippen LogP contribution in [0.2, 0.25) is 5.02 Å². The number of para-hydroxylation sites is 1. The monoisotopic (exact) mass is 691 g/mol. The number of amides is 2. The summed E-state index contributed by atoms with van der Waals surface area (Å²) in [5.74, 6) is -0.500. The number of aliphatic hydroxyl groups excluding tert-OH is 1. The summed E-state index contributed by atoms with van der Waals surface area (Å²) in [6.07, 6.45) is -1.02. The number of rotatable bonds is 14. The Morgan fingerprint density at radius 1 is 1.13 bits per heavy atom. The first-order chi connectivity index (χ1) is 21.9. The van der Waals surface area contributed by atoms with E-state index in [1.807, 2.05) is 12.1 Å². The van der Waals surface area contributed by atoms with Gasteiger partial charge in [0.25, 0.3) is 5.91 Å². The van der Waals surface area contributed by atoms with Crippen LogP contribution in [0, 0.1) is 5.41 Å². The minimum Gasteiger partial charge on any atom is -0.493 e. The normalized spacial score (nSPS) is 16.8. The molecule has 1 aromatic heterocycles. The van der Waals surface area contributed by atoms with Crippen LogP contribution in [0.1, 0.15) is 43.9 Å². The molecule has 2 heterocycles. The number of hydrogen-bond donors (Lipinski definition) is 2. The van der Waals surface area contributed by atoms with Gasteiger partial charge in [0.2, 0.25) is 15.9 Å². The van der Waals surface area contributed by atoms with E-state index in [2.05, 4.69) is 9.71 Å². The molecule has 1 aliphatic rings. The van der Waals surface area contributed by atoms with E-state index in [0.717, 1.165) is 5.03 Å². The van der Waals surface area contributed by atoms with Crippen LogP contribution in [-0.4, -0.2) is 75.3 Å². The Labute approximate surface area is 278 Å². The van der Waals surface area contributed by atoms with Gasteiger partial charge in [-0.1, -0.05) is 43.6 Å². The van der Waals surface area contributed by atoms with Crippen molar-refractivity contribution in [2.75, 3.05) is 43.8 Å². The lowest BCUT2D eigenvalue weighted by atomic mass is 9.92. The van der Waals surface area contributed by atoms with Crippen molar-refractivity contribution in [3.05, 3.63) is 76.9 Å². The van der Waals surface area contributed by atoms with E-state index < -0.39 is 45.9 Å². The van der Waals surface area contributed by atoms with Gasteiger partial charge in [-0.2, -0.15) is 0 Å². The van der Waals surface area contributed by atoms with Crippen LogP contribution in [-0.2, 0) is 24.3 Å². The Morgan fingerprint density at radius 3 is 2.59 bits per heavy atom. The Balaban J connectivity index is 1.64. The smallest absolute Gasteiger partial charge is 0.256 e. The second-order valence-corrected chi connectivity index (χ2v) is 14.8.